The Bertz CT molecular complexity index is 309. The second-order valence-electron chi connectivity index (χ2n) is 2.73. The van der Waals surface area contributed by atoms with E-state index in [0.717, 1.165) is 12.5 Å². The molecule has 0 saturated heterocycles. The van der Waals surface area contributed by atoms with Gasteiger partial charge in [-0.25, -0.2) is 4.79 Å². The second-order valence-corrected chi connectivity index (χ2v) is 2.73. The van der Waals surface area contributed by atoms with E-state index in [2.05, 4.69) is 10.3 Å². The highest BCUT2D eigenvalue weighted by Crippen LogP contribution is 1.95. The van der Waals surface area contributed by atoms with Gasteiger partial charge in [-0.2, -0.15) is 0 Å². The van der Waals surface area contributed by atoms with Crippen LogP contribution in [0.25, 0.3) is 0 Å². The summed E-state index contributed by atoms with van der Waals surface area (Å²) in [6.45, 7) is 0.716. The van der Waals surface area contributed by atoms with E-state index >= 15 is 0 Å². The molecule has 4 nitrogen and oxygen atoms in total. The van der Waals surface area contributed by atoms with Crippen LogP contribution < -0.4 is 5.32 Å². The first kappa shape index (κ1) is 10.2. The minimum atomic E-state index is -0.943. The first-order valence-electron chi connectivity index (χ1n) is 4.31. The zero-order chi connectivity index (χ0) is 10.2. The number of hydrogen-bond donors (Lipinski definition) is 2. The predicted octanol–water partition coefficient (Wildman–Crippen LogP) is 0.812. The molecule has 4 heteroatoms. The number of carbonyl (C=O) groups is 1. The van der Waals surface area contributed by atoms with Gasteiger partial charge in [-0.1, -0.05) is 0 Å². The summed E-state index contributed by atoms with van der Waals surface area (Å²) in [6.07, 6.45) is 6.84. The Morgan fingerprint density at radius 2 is 2.21 bits per heavy atom. The van der Waals surface area contributed by atoms with Crippen molar-refractivity contribution >= 4 is 5.97 Å². The molecule has 1 heterocycles. The van der Waals surface area contributed by atoms with Gasteiger partial charge in [0.25, 0.3) is 0 Å². The summed E-state index contributed by atoms with van der Waals surface area (Å²) >= 11 is 0. The lowest BCUT2D eigenvalue weighted by Gasteiger charge is -1.99. The van der Waals surface area contributed by atoms with Crippen LogP contribution in [0.4, 0.5) is 0 Å². The number of aromatic nitrogens is 1. The molecule has 14 heavy (non-hydrogen) atoms. The average molecular weight is 192 g/mol. The Kier molecular flexibility index (Phi) is 4.20. The molecule has 0 aliphatic carbocycles. The summed E-state index contributed by atoms with van der Waals surface area (Å²) in [5.41, 5.74) is 1.18. The van der Waals surface area contributed by atoms with Gasteiger partial charge in [0, 0.05) is 31.2 Å². The van der Waals surface area contributed by atoms with Gasteiger partial charge >= 0.3 is 5.97 Å². The summed E-state index contributed by atoms with van der Waals surface area (Å²) in [5.74, 6) is -0.943. The van der Waals surface area contributed by atoms with Gasteiger partial charge in [-0.05, 0) is 24.1 Å². The van der Waals surface area contributed by atoms with Crippen LogP contribution in [0, 0.1) is 0 Å². The molecule has 1 aromatic rings. The van der Waals surface area contributed by atoms with E-state index in [4.69, 9.17) is 5.11 Å². The molecule has 0 atom stereocenters. The van der Waals surface area contributed by atoms with Gasteiger partial charge in [0.1, 0.15) is 0 Å². The van der Waals surface area contributed by atoms with Crippen molar-refractivity contribution in [3.8, 4) is 0 Å². The van der Waals surface area contributed by atoms with Gasteiger partial charge in [0.05, 0.1) is 0 Å². The van der Waals surface area contributed by atoms with Crippen LogP contribution in [0.1, 0.15) is 5.56 Å². The van der Waals surface area contributed by atoms with Gasteiger partial charge in [0.15, 0.2) is 0 Å². The third-order valence-corrected chi connectivity index (χ3v) is 1.65. The molecule has 0 fully saturated rings. The van der Waals surface area contributed by atoms with Crippen LogP contribution in [0.5, 0.6) is 0 Å². The van der Waals surface area contributed by atoms with Crippen LogP contribution >= 0.6 is 0 Å². The van der Waals surface area contributed by atoms with Crippen LogP contribution in [-0.2, 0) is 11.2 Å². The van der Waals surface area contributed by atoms with E-state index in [9.17, 15) is 4.79 Å². The van der Waals surface area contributed by atoms with E-state index in [-0.39, 0.29) is 0 Å². The number of pyridine rings is 1. The van der Waals surface area contributed by atoms with Gasteiger partial charge in [-0.3, -0.25) is 4.98 Å². The first-order chi connectivity index (χ1) is 6.79. The quantitative estimate of drug-likeness (QED) is 0.535. The summed E-state index contributed by atoms with van der Waals surface area (Å²) in [4.78, 5) is 14.0. The lowest BCUT2D eigenvalue weighted by atomic mass is 10.2. The molecule has 0 aliphatic heterocycles. The zero-order valence-corrected chi connectivity index (χ0v) is 7.68. The van der Waals surface area contributed by atoms with Gasteiger partial charge in [-0.15, -0.1) is 0 Å². The second kappa shape index (κ2) is 5.75. The SMILES string of the molecule is O=C(O)/C=C/NCCc1ccncc1. The van der Waals surface area contributed by atoms with Crippen molar-refractivity contribution in [3.63, 3.8) is 0 Å². The number of nitrogens with zero attached hydrogens (tertiary/aromatic N) is 1. The molecule has 0 unspecified atom stereocenters. The molecule has 0 bridgehead atoms. The average Bonchev–Trinajstić information content (AvgIpc) is 2.18. The molecule has 2 N–H and O–H groups in total. The molecule has 0 aliphatic rings. The third-order valence-electron chi connectivity index (χ3n) is 1.65. The van der Waals surface area contributed by atoms with Crippen LogP contribution in [-0.4, -0.2) is 22.6 Å². The van der Waals surface area contributed by atoms with Gasteiger partial charge in [0.2, 0.25) is 0 Å². The fraction of sp³-hybridized carbons (Fsp3) is 0.200. The molecule has 0 saturated carbocycles. The van der Waals surface area contributed by atoms with Crippen molar-refractivity contribution in [1.29, 1.82) is 0 Å². The van der Waals surface area contributed by atoms with Crippen molar-refractivity contribution in [2.24, 2.45) is 0 Å². The normalized spacial score (nSPS) is 10.3. The van der Waals surface area contributed by atoms with E-state index in [1.807, 2.05) is 12.1 Å². The largest absolute Gasteiger partial charge is 0.478 e. The maximum atomic E-state index is 10.1. The number of carboxylic acid groups (broad SMARTS) is 1. The summed E-state index contributed by atoms with van der Waals surface area (Å²) in [6, 6.07) is 3.87. The minimum Gasteiger partial charge on any atom is -0.478 e. The number of rotatable bonds is 5. The Balaban J connectivity index is 2.19. The highest BCUT2D eigenvalue weighted by Gasteiger charge is 1.89. The van der Waals surface area contributed by atoms with Crippen molar-refractivity contribution in [2.75, 3.05) is 6.54 Å². The van der Waals surface area contributed by atoms with E-state index in [1.165, 1.54) is 11.8 Å². The third kappa shape index (κ3) is 4.25. The van der Waals surface area contributed by atoms with Crippen molar-refractivity contribution in [3.05, 3.63) is 42.4 Å². The molecule has 0 amide bonds. The molecule has 74 valence electrons. The van der Waals surface area contributed by atoms with E-state index < -0.39 is 5.97 Å². The Labute approximate surface area is 82.3 Å². The molecule has 0 radical (unpaired) electrons. The molecule has 1 aromatic heterocycles. The fourth-order valence-electron chi connectivity index (χ4n) is 0.980. The summed E-state index contributed by atoms with van der Waals surface area (Å²) in [5, 5.41) is 11.2. The summed E-state index contributed by atoms with van der Waals surface area (Å²) in [7, 11) is 0. The van der Waals surface area contributed by atoms with Crippen molar-refractivity contribution in [2.45, 2.75) is 6.42 Å². The predicted molar refractivity (Wildman–Crippen MR) is 52.7 cm³/mol. The van der Waals surface area contributed by atoms with Gasteiger partial charge < -0.3 is 10.4 Å². The van der Waals surface area contributed by atoms with Crippen LogP contribution in [0.2, 0.25) is 0 Å². The minimum absolute atomic E-state index is 0.716. The number of nitrogens with one attached hydrogen (secondary N) is 1. The van der Waals surface area contributed by atoms with Crippen molar-refractivity contribution < 1.29 is 9.90 Å². The smallest absolute Gasteiger partial charge is 0.329 e. The maximum Gasteiger partial charge on any atom is 0.329 e. The maximum absolute atomic E-state index is 10.1. The molecule has 0 spiro atoms. The molecular formula is C10H12N2O2. The Morgan fingerprint density at radius 3 is 2.86 bits per heavy atom. The number of carboxylic acids is 1. The lowest BCUT2D eigenvalue weighted by molar-refractivity contribution is -0.131. The highest BCUT2D eigenvalue weighted by atomic mass is 16.4. The number of hydrogen-bond acceptors (Lipinski definition) is 3. The molecule has 0 aromatic carbocycles. The number of aliphatic carboxylic acids is 1. The standard InChI is InChI=1S/C10H12N2O2/c13-10(14)4-8-12-7-3-9-1-5-11-6-2-9/h1-2,4-6,8,12H,3,7H2,(H,13,14)/b8-4+. The molecule has 1 rings (SSSR count). The van der Waals surface area contributed by atoms with Crippen LogP contribution in [0.3, 0.4) is 0 Å². The Morgan fingerprint density at radius 1 is 1.50 bits per heavy atom. The first-order valence-corrected chi connectivity index (χ1v) is 4.31. The highest BCUT2D eigenvalue weighted by molar-refractivity contribution is 5.79. The summed E-state index contributed by atoms with van der Waals surface area (Å²) < 4.78 is 0. The van der Waals surface area contributed by atoms with E-state index in [0.29, 0.717) is 6.54 Å². The van der Waals surface area contributed by atoms with Crippen molar-refractivity contribution in [1.82, 2.24) is 10.3 Å². The zero-order valence-electron chi connectivity index (χ0n) is 7.68. The topological polar surface area (TPSA) is 62.2 Å². The molecular weight excluding hydrogens is 180 g/mol. The Hall–Kier alpha value is -1.84. The van der Waals surface area contributed by atoms with E-state index in [1.54, 1.807) is 12.4 Å². The van der Waals surface area contributed by atoms with Crippen LogP contribution in [0.15, 0.2) is 36.8 Å². The lowest BCUT2D eigenvalue weighted by Crippen LogP contribution is -2.10. The monoisotopic (exact) mass is 192 g/mol. The fourth-order valence-corrected chi connectivity index (χ4v) is 0.980.